The van der Waals surface area contributed by atoms with E-state index in [1.54, 1.807) is 12.3 Å². The van der Waals surface area contributed by atoms with Gasteiger partial charge in [-0.15, -0.1) is 11.7 Å². The van der Waals surface area contributed by atoms with Crippen LogP contribution in [0.3, 0.4) is 0 Å². The first-order chi connectivity index (χ1) is 12.7. The van der Waals surface area contributed by atoms with Gasteiger partial charge in [-0.1, -0.05) is 48.2 Å². The normalized spacial score (nSPS) is 18.2. The summed E-state index contributed by atoms with van der Waals surface area (Å²) in [6.45, 7) is 4.18. The van der Waals surface area contributed by atoms with E-state index in [1.165, 1.54) is 11.8 Å². The zero-order chi connectivity index (χ0) is 18.2. The molecule has 132 valence electrons. The monoisotopic (exact) mass is 365 g/mol. The summed E-state index contributed by atoms with van der Waals surface area (Å²) in [6, 6.07) is 17.6. The van der Waals surface area contributed by atoms with E-state index in [9.17, 15) is 4.79 Å². The van der Waals surface area contributed by atoms with Gasteiger partial charge in [-0.3, -0.25) is 4.79 Å². The zero-order valence-electron chi connectivity index (χ0n) is 14.2. The Hall–Kier alpha value is -2.86. The summed E-state index contributed by atoms with van der Waals surface area (Å²) < 4.78 is 5.75. The van der Waals surface area contributed by atoms with E-state index in [-0.39, 0.29) is 11.2 Å². The average molecular weight is 365 g/mol. The number of amides is 1. The highest BCUT2D eigenvalue weighted by Crippen LogP contribution is 2.22. The molecule has 1 N–H and O–H groups in total. The van der Waals surface area contributed by atoms with Crippen molar-refractivity contribution < 1.29 is 9.53 Å². The third kappa shape index (κ3) is 5.07. The Kier molecular flexibility index (Phi) is 6.22. The Labute approximate surface area is 156 Å². The molecule has 0 aliphatic carbocycles. The third-order valence-corrected chi connectivity index (χ3v) is 4.74. The number of amidine groups is 1. The lowest BCUT2D eigenvalue weighted by atomic mass is 10.2. The van der Waals surface area contributed by atoms with Gasteiger partial charge in [0.1, 0.15) is 12.4 Å². The van der Waals surface area contributed by atoms with Crippen LogP contribution in [0.1, 0.15) is 17.5 Å². The Bertz CT molecular complexity index is 817. The van der Waals surface area contributed by atoms with Crippen LogP contribution < -0.4 is 10.1 Å². The van der Waals surface area contributed by atoms with E-state index in [2.05, 4.69) is 22.1 Å². The van der Waals surface area contributed by atoms with Crippen molar-refractivity contribution in [2.75, 3.05) is 0 Å². The predicted molar refractivity (Wildman–Crippen MR) is 107 cm³/mol. The van der Waals surface area contributed by atoms with Gasteiger partial charge >= 0.3 is 0 Å². The maximum atomic E-state index is 11.7. The number of hydrogen-bond acceptors (Lipinski definition) is 5. The van der Waals surface area contributed by atoms with Gasteiger partial charge in [0.05, 0.1) is 11.5 Å². The fourth-order valence-electron chi connectivity index (χ4n) is 2.30. The number of benzene rings is 2. The first-order valence-electron chi connectivity index (χ1n) is 8.21. The molecule has 0 bridgehead atoms. The molecule has 5 nitrogen and oxygen atoms in total. The molecule has 3 rings (SSSR count). The van der Waals surface area contributed by atoms with E-state index in [1.807, 2.05) is 54.6 Å². The van der Waals surface area contributed by atoms with Crippen LogP contribution in [0.25, 0.3) is 0 Å². The molecule has 1 heterocycles. The maximum Gasteiger partial charge on any atom is 0.239 e. The molecule has 2 aromatic rings. The highest BCUT2D eigenvalue weighted by Gasteiger charge is 2.28. The van der Waals surface area contributed by atoms with Gasteiger partial charge in [0.15, 0.2) is 5.17 Å². The second kappa shape index (κ2) is 9.01. The maximum absolute atomic E-state index is 11.7. The van der Waals surface area contributed by atoms with Crippen molar-refractivity contribution in [3.05, 3.63) is 78.4 Å². The van der Waals surface area contributed by atoms with E-state index < -0.39 is 0 Å². The van der Waals surface area contributed by atoms with Crippen molar-refractivity contribution >= 4 is 29.1 Å². The summed E-state index contributed by atoms with van der Waals surface area (Å²) in [4.78, 5) is 11.7. The number of hydrogen-bond donors (Lipinski definition) is 1. The summed E-state index contributed by atoms with van der Waals surface area (Å²) in [5.41, 5.74) is 2.03. The molecular formula is C20H19N3O2S. The predicted octanol–water partition coefficient (Wildman–Crippen LogP) is 3.76. The molecule has 26 heavy (non-hydrogen) atoms. The van der Waals surface area contributed by atoms with Crippen LogP contribution in [0.4, 0.5) is 0 Å². The molecule has 2 aromatic carbocycles. The highest BCUT2D eigenvalue weighted by atomic mass is 32.2. The molecule has 1 saturated heterocycles. The molecule has 1 amide bonds. The van der Waals surface area contributed by atoms with Crippen molar-refractivity contribution in [2.24, 2.45) is 10.2 Å². The van der Waals surface area contributed by atoms with E-state index in [0.29, 0.717) is 18.2 Å². The minimum Gasteiger partial charge on any atom is -0.489 e. The number of thioether (sulfide) groups is 1. The minimum atomic E-state index is -0.164. The fourth-order valence-corrected chi connectivity index (χ4v) is 3.22. The van der Waals surface area contributed by atoms with Gasteiger partial charge in [-0.2, -0.15) is 5.10 Å². The van der Waals surface area contributed by atoms with Crippen LogP contribution in [0.2, 0.25) is 0 Å². The van der Waals surface area contributed by atoms with Gasteiger partial charge in [-0.25, -0.2) is 0 Å². The Morgan fingerprint density at radius 1 is 1.15 bits per heavy atom. The van der Waals surface area contributed by atoms with Crippen LogP contribution in [-0.4, -0.2) is 22.5 Å². The van der Waals surface area contributed by atoms with Gasteiger partial charge in [-0.05, 0) is 41.8 Å². The van der Waals surface area contributed by atoms with Gasteiger partial charge in [0.2, 0.25) is 5.91 Å². The minimum absolute atomic E-state index is 0.0521. The van der Waals surface area contributed by atoms with Gasteiger partial charge < -0.3 is 10.1 Å². The summed E-state index contributed by atoms with van der Waals surface area (Å²) >= 11 is 1.37. The number of carbonyl (C=O) groups excluding carboxylic acids is 1. The molecule has 1 aliphatic heterocycles. The van der Waals surface area contributed by atoms with Crippen molar-refractivity contribution in [2.45, 2.75) is 18.3 Å². The lowest BCUT2D eigenvalue weighted by Crippen LogP contribution is -2.24. The Morgan fingerprint density at radius 3 is 2.65 bits per heavy atom. The second-order valence-electron chi connectivity index (χ2n) is 5.61. The molecule has 6 heteroatoms. The van der Waals surface area contributed by atoms with Gasteiger partial charge in [0.25, 0.3) is 0 Å². The van der Waals surface area contributed by atoms with Crippen molar-refractivity contribution in [1.29, 1.82) is 0 Å². The standard InChI is InChI=1S/C20H19N3O2S/c1-2-6-18-19(24)22-20(26-18)23-21-13-15-9-11-17(12-10-15)25-14-16-7-4-3-5-8-16/h2-5,7-13,18H,1,6,14H2,(H,22,23,24). The largest absolute Gasteiger partial charge is 0.489 e. The molecule has 0 aromatic heterocycles. The number of rotatable bonds is 7. The number of nitrogens with one attached hydrogen (secondary N) is 1. The van der Waals surface area contributed by atoms with E-state index in [0.717, 1.165) is 16.9 Å². The molecule has 1 unspecified atom stereocenters. The highest BCUT2D eigenvalue weighted by molar-refractivity contribution is 8.15. The summed E-state index contributed by atoms with van der Waals surface area (Å²) in [5, 5.41) is 11.1. The zero-order valence-corrected chi connectivity index (χ0v) is 15.0. The molecular weight excluding hydrogens is 346 g/mol. The number of carbonyl (C=O) groups is 1. The molecule has 1 atom stereocenters. The van der Waals surface area contributed by atoms with Gasteiger partial charge in [0, 0.05) is 0 Å². The molecule has 0 spiro atoms. The number of ether oxygens (including phenoxy) is 1. The lowest BCUT2D eigenvalue weighted by Gasteiger charge is -2.06. The van der Waals surface area contributed by atoms with Crippen LogP contribution in [0, 0.1) is 0 Å². The van der Waals surface area contributed by atoms with Crippen molar-refractivity contribution in [3.8, 4) is 5.75 Å². The lowest BCUT2D eigenvalue weighted by molar-refractivity contribution is -0.118. The summed E-state index contributed by atoms with van der Waals surface area (Å²) in [6.07, 6.45) is 3.98. The first-order valence-corrected chi connectivity index (χ1v) is 9.09. The Balaban J connectivity index is 1.52. The third-order valence-electron chi connectivity index (χ3n) is 3.64. The first kappa shape index (κ1) is 17.9. The van der Waals surface area contributed by atoms with Crippen molar-refractivity contribution in [3.63, 3.8) is 0 Å². The van der Waals surface area contributed by atoms with Crippen LogP contribution in [-0.2, 0) is 11.4 Å². The van der Waals surface area contributed by atoms with Crippen LogP contribution >= 0.6 is 11.8 Å². The van der Waals surface area contributed by atoms with Crippen LogP contribution in [0.15, 0.2) is 77.5 Å². The van der Waals surface area contributed by atoms with Crippen LogP contribution in [0.5, 0.6) is 5.75 Å². The molecule has 1 aliphatic rings. The number of nitrogens with zero attached hydrogens (tertiary/aromatic N) is 2. The van der Waals surface area contributed by atoms with Crippen molar-refractivity contribution in [1.82, 2.24) is 5.32 Å². The van der Waals surface area contributed by atoms with E-state index in [4.69, 9.17) is 4.74 Å². The molecule has 1 fully saturated rings. The Morgan fingerprint density at radius 2 is 1.92 bits per heavy atom. The second-order valence-corrected chi connectivity index (χ2v) is 6.80. The average Bonchev–Trinajstić information content (AvgIpc) is 3.02. The smallest absolute Gasteiger partial charge is 0.239 e. The molecule has 0 saturated carbocycles. The fraction of sp³-hybridized carbons (Fsp3) is 0.150. The summed E-state index contributed by atoms with van der Waals surface area (Å²) in [5.74, 6) is 0.743. The number of allylic oxidation sites excluding steroid dienone is 1. The topological polar surface area (TPSA) is 63.1 Å². The molecule has 0 radical (unpaired) electrons. The SMILES string of the molecule is C=CCC1SC(=NN=Cc2ccc(OCc3ccccc3)cc2)NC1=O. The van der Waals surface area contributed by atoms with E-state index >= 15 is 0 Å². The quantitative estimate of drug-likeness (QED) is 0.462. The summed E-state index contributed by atoms with van der Waals surface area (Å²) in [7, 11) is 0.